The third-order valence-electron chi connectivity index (χ3n) is 8.52. The smallest absolute Gasteiger partial charge is 0.207 e. The Bertz CT molecular complexity index is 838. The Balaban J connectivity index is 1.28. The van der Waals surface area contributed by atoms with Crippen molar-refractivity contribution in [3.05, 3.63) is 29.8 Å². The first kappa shape index (κ1) is 20.8. The maximum Gasteiger partial charge on any atom is 0.207 e. The molecule has 0 spiro atoms. The second-order valence-corrected chi connectivity index (χ2v) is 10.7. The molecule has 0 radical (unpaired) electrons. The summed E-state index contributed by atoms with van der Waals surface area (Å²) in [5.74, 6) is 4.08. The second-order valence-electron chi connectivity index (χ2n) is 10.7. The van der Waals surface area contributed by atoms with E-state index in [1.807, 2.05) is 30.5 Å². The Morgan fingerprint density at radius 1 is 1.16 bits per heavy atom. The monoisotopic (exact) mass is 421 g/mol. The molecule has 0 heterocycles. The van der Waals surface area contributed by atoms with Crippen LogP contribution in [0.5, 0.6) is 5.75 Å². The lowest BCUT2D eigenvalue weighted by atomic mass is 9.48. The number of rotatable bonds is 6. The average molecular weight is 422 g/mol. The molecule has 2 N–H and O–H groups in total. The average Bonchev–Trinajstić information content (AvgIpc) is 2.80. The van der Waals surface area contributed by atoms with Crippen LogP contribution in [0.25, 0.3) is 0 Å². The number of aliphatic hydroxyl groups is 1. The summed E-state index contributed by atoms with van der Waals surface area (Å²) in [7, 11) is 0. The highest BCUT2D eigenvalue weighted by molar-refractivity contribution is 5.99. The van der Waals surface area contributed by atoms with Crippen molar-refractivity contribution in [2.24, 2.45) is 34.1 Å². The van der Waals surface area contributed by atoms with Crippen LogP contribution in [-0.4, -0.2) is 30.2 Å². The summed E-state index contributed by atoms with van der Waals surface area (Å²) >= 11 is 0. The van der Waals surface area contributed by atoms with Crippen molar-refractivity contribution in [3.8, 4) is 11.9 Å². The summed E-state index contributed by atoms with van der Waals surface area (Å²) in [6.07, 6.45) is 14.4. The number of hydrogen-bond acceptors (Lipinski definition) is 4. The van der Waals surface area contributed by atoms with Gasteiger partial charge in [-0.25, -0.2) is 0 Å². The van der Waals surface area contributed by atoms with Crippen LogP contribution < -0.4 is 10.1 Å². The van der Waals surface area contributed by atoms with Crippen molar-refractivity contribution in [3.63, 3.8) is 0 Å². The third-order valence-corrected chi connectivity index (χ3v) is 8.52. The van der Waals surface area contributed by atoms with Crippen molar-refractivity contribution in [2.75, 3.05) is 13.2 Å². The Kier molecular flexibility index (Phi) is 5.93. The number of benzene rings is 1. The summed E-state index contributed by atoms with van der Waals surface area (Å²) in [4.78, 5) is 4.18. The van der Waals surface area contributed by atoms with Crippen LogP contribution in [0.2, 0.25) is 0 Å². The van der Waals surface area contributed by atoms with Gasteiger partial charge in [0.25, 0.3) is 0 Å². The zero-order chi connectivity index (χ0) is 21.3. The largest absolute Gasteiger partial charge is 0.493 e. The lowest BCUT2D eigenvalue weighted by molar-refractivity contribution is -0.0953. The minimum atomic E-state index is 0.147. The molecule has 5 heteroatoms. The molecule has 5 aliphatic rings. The Morgan fingerprint density at radius 2 is 1.94 bits per heavy atom. The Morgan fingerprint density at radius 3 is 2.65 bits per heavy atom. The van der Waals surface area contributed by atoms with Crippen LogP contribution in [0.1, 0.15) is 69.8 Å². The van der Waals surface area contributed by atoms with Crippen LogP contribution in [0, 0.1) is 40.5 Å². The molecule has 1 aromatic carbocycles. The third kappa shape index (κ3) is 4.32. The van der Waals surface area contributed by atoms with Crippen LogP contribution in [0.4, 0.5) is 0 Å². The Hall–Kier alpha value is -2.06. The highest BCUT2D eigenvalue weighted by Gasteiger charge is 2.55. The van der Waals surface area contributed by atoms with Crippen molar-refractivity contribution < 1.29 is 9.84 Å². The lowest BCUT2D eigenvalue weighted by Crippen LogP contribution is -2.60. The fourth-order valence-corrected chi connectivity index (χ4v) is 7.31. The molecule has 0 saturated heterocycles. The van der Waals surface area contributed by atoms with Crippen LogP contribution >= 0.6 is 0 Å². The molecule has 0 aliphatic heterocycles. The fraction of sp³-hybridized carbons (Fsp3) is 0.692. The quantitative estimate of drug-likeness (QED) is 0.398. The predicted molar refractivity (Wildman–Crippen MR) is 121 cm³/mol. The first-order valence-electron chi connectivity index (χ1n) is 12.3. The van der Waals surface area contributed by atoms with Crippen molar-refractivity contribution in [1.29, 1.82) is 5.26 Å². The van der Waals surface area contributed by atoms with E-state index in [4.69, 9.17) is 4.74 Å². The number of nitrogens with one attached hydrogen (secondary N) is 1. The number of amidine groups is 1. The summed E-state index contributed by atoms with van der Waals surface area (Å²) < 4.78 is 6.13. The molecular weight excluding hydrogens is 386 g/mol. The van der Waals surface area contributed by atoms with Gasteiger partial charge < -0.3 is 15.2 Å². The molecule has 5 fully saturated rings. The van der Waals surface area contributed by atoms with E-state index < -0.39 is 0 Å². The maximum absolute atomic E-state index is 10.0. The van der Waals surface area contributed by atoms with Gasteiger partial charge >= 0.3 is 0 Å². The van der Waals surface area contributed by atoms with E-state index in [-0.39, 0.29) is 5.41 Å². The van der Waals surface area contributed by atoms with E-state index in [9.17, 15) is 10.4 Å². The van der Waals surface area contributed by atoms with E-state index in [0.29, 0.717) is 36.2 Å². The molecule has 5 aliphatic carbocycles. The van der Waals surface area contributed by atoms with Gasteiger partial charge in [-0.2, -0.15) is 10.3 Å². The van der Waals surface area contributed by atoms with Gasteiger partial charge in [0.15, 0.2) is 0 Å². The summed E-state index contributed by atoms with van der Waals surface area (Å²) in [6.45, 7) is 1.10. The van der Waals surface area contributed by atoms with Crippen LogP contribution in [-0.2, 0) is 0 Å². The van der Waals surface area contributed by atoms with E-state index in [0.717, 1.165) is 36.7 Å². The summed E-state index contributed by atoms with van der Waals surface area (Å²) in [5.41, 5.74) is 1.07. The molecule has 1 aromatic rings. The number of aliphatic hydroxyl groups excluding tert-OH is 1. The molecule has 2 unspecified atom stereocenters. The lowest BCUT2D eigenvalue weighted by Gasteiger charge is -2.59. The molecule has 4 bridgehead atoms. The Labute approximate surface area is 185 Å². The van der Waals surface area contributed by atoms with Crippen LogP contribution in [0.15, 0.2) is 29.3 Å². The maximum atomic E-state index is 10.0. The van der Waals surface area contributed by atoms with Gasteiger partial charge in [0.2, 0.25) is 6.19 Å². The van der Waals surface area contributed by atoms with E-state index in [2.05, 4.69) is 10.3 Å². The number of ether oxygens (including phenoxy) is 1. The minimum absolute atomic E-state index is 0.147. The van der Waals surface area contributed by atoms with Crippen LogP contribution in [0.3, 0.4) is 0 Å². The molecule has 5 saturated carbocycles. The molecular formula is C26H35N3O2. The SMILES string of the molecule is N#CN=C(NC1C2CC3CC1CC(CO)(C3)C2)c1cccc(OCC2CCCCC2)c1. The van der Waals surface area contributed by atoms with Gasteiger partial charge in [-0.1, -0.05) is 31.4 Å². The summed E-state index contributed by atoms with van der Waals surface area (Å²) in [6, 6.07) is 8.39. The number of nitrogens with zero attached hydrogens (tertiary/aromatic N) is 2. The zero-order valence-electron chi connectivity index (χ0n) is 18.4. The standard InChI is InChI=1S/C26H35N3O2/c27-17-28-25(20-7-4-8-23(11-20)31-15-18-5-2-1-3-6-18)29-24-21-9-19-10-22(24)14-26(12-19,13-21)16-30/h4,7-8,11,18-19,21-22,24,30H,1-3,5-6,9-10,12-16H2,(H,28,29). The molecule has 31 heavy (non-hydrogen) atoms. The van der Waals surface area contributed by atoms with Gasteiger partial charge in [0.05, 0.1) is 6.61 Å². The second kappa shape index (κ2) is 8.82. The molecule has 0 aromatic heterocycles. The summed E-state index contributed by atoms with van der Waals surface area (Å²) in [5, 5.41) is 23.1. The van der Waals surface area contributed by atoms with Crippen molar-refractivity contribution in [1.82, 2.24) is 5.32 Å². The van der Waals surface area contributed by atoms with E-state index in [1.165, 1.54) is 51.4 Å². The number of hydrogen-bond donors (Lipinski definition) is 2. The molecule has 6 rings (SSSR count). The molecule has 166 valence electrons. The van der Waals surface area contributed by atoms with Gasteiger partial charge in [0, 0.05) is 18.2 Å². The zero-order valence-corrected chi connectivity index (χ0v) is 18.4. The predicted octanol–water partition coefficient (Wildman–Crippen LogP) is 4.65. The fourth-order valence-electron chi connectivity index (χ4n) is 7.31. The molecule has 2 atom stereocenters. The highest BCUT2D eigenvalue weighted by atomic mass is 16.5. The number of aliphatic imine (C=N–C) groups is 1. The first-order valence-corrected chi connectivity index (χ1v) is 12.3. The molecule has 0 amide bonds. The number of nitriles is 1. The van der Waals surface area contributed by atoms with Gasteiger partial charge in [-0.15, -0.1) is 0 Å². The van der Waals surface area contributed by atoms with E-state index >= 15 is 0 Å². The van der Waals surface area contributed by atoms with Gasteiger partial charge in [0.1, 0.15) is 11.6 Å². The minimum Gasteiger partial charge on any atom is -0.493 e. The van der Waals surface area contributed by atoms with E-state index in [1.54, 1.807) is 0 Å². The van der Waals surface area contributed by atoms with Crippen molar-refractivity contribution in [2.45, 2.75) is 70.3 Å². The van der Waals surface area contributed by atoms with Gasteiger partial charge in [-0.05, 0) is 86.2 Å². The first-order chi connectivity index (χ1) is 15.2. The topological polar surface area (TPSA) is 77.6 Å². The molecule has 5 nitrogen and oxygen atoms in total. The highest BCUT2D eigenvalue weighted by Crippen LogP contribution is 2.59. The van der Waals surface area contributed by atoms with Crippen molar-refractivity contribution >= 4 is 5.84 Å². The normalized spacial score (nSPS) is 35.0. The van der Waals surface area contributed by atoms with Gasteiger partial charge in [-0.3, -0.25) is 0 Å².